The Morgan fingerprint density at radius 1 is 1.32 bits per heavy atom. The summed E-state index contributed by atoms with van der Waals surface area (Å²) in [6.07, 6.45) is 3.40. The van der Waals surface area contributed by atoms with Gasteiger partial charge in [0.25, 0.3) is 0 Å². The summed E-state index contributed by atoms with van der Waals surface area (Å²) in [4.78, 5) is 20.2. The van der Waals surface area contributed by atoms with Crippen LogP contribution in [0.4, 0.5) is 0 Å². The molecular weight excluding hydrogens is 308 g/mol. The Balaban J connectivity index is 2.14. The molecule has 5 heteroatoms. The van der Waals surface area contributed by atoms with E-state index in [-0.39, 0.29) is 5.78 Å². The van der Waals surface area contributed by atoms with Crippen molar-refractivity contribution in [2.45, 2.75) is 13.3 Å². The van der Waals surface area contributed by atoms with E-state index >= 15 is 0 Å². The summed E-state index contributed by atoms with van der Waals surface area (Å²) in [5.41, 5.74) is 2.08. The predicted octanol–water partition coefficient (Wildman–Crippen LogP) is 2.98. The van der Waals surface area contributed by atoms with E-state index in [0.717, 1.165) is 21.5 Å². The standard InChI is InChI=1S/C14H13BrN2O2/c1-9-7-17-12(8-16-9)13(18)6-10-3-4-14(19-2)11(15)5-10/h3-5,7-8H,6H2,1-2H3. The minimum absolute atomic E-state index is 0.0513. The molecule has 0 saturated heterocycles. The molecule has 0 aliphatic heterocycles. The van der Waals surface area contributed by atoms with Crippen LogP contribution in [-0.4, -0.2) is 22.9 Å². The number of aromatic nitrogens is 2. The molecule has 0 unspecified atom stereocenters. The summed E-state index contributed by atoms with van der Waals surface area (Å²) in [6.45, 7) is 1.84. The van der Waals surface area contributed by atoms with Crippen LogP contribution in [0.5, 0.6) is 5.75 Å². The number of ketones is 1. The quantitative estimate of drug-likeness (QED) is 0.813. The Kier molecular flexibility index (Phi) is 4.27. The largest absolute Gasteiger partial charge is 0.496 e. The van der Waals surface area contributed by atoms with Crippen molar-refractivity contribution in [1.29, 1.82) is 0 Å². The summed E-state index contributed by atoms with van der Waals surface area (Å²) < 4.78 is 5.98. The normalized spacial score (nSPS) is 10.3. The maximum Gasteiger partial charge on any atom is 0.187 e. The van der Waals surface area contributed by atoms with Crippen molar-refractivity contribution < 1.29 is 9.53 Å². The Bertz CT molecular complexity index is 597. The highest BCUT2D eigenvalue weighted by Gasteiger charge is 2.10. The SMILES string of the molecule is COc1ccc(CC(=O)c2cnc(C)cn2)cc1Br. The van der Waals surface area contributed by atoms with Gasteiger partial charge in [0.2, 0.25) is 0 Å². The van der Waals surface area contributed by atoms with Gasteiger partial charge in [-0.1, -0.05) is 6.07 Å². The van der Waals surface area contributed by atoms with Crippen LogP contribution in [0, 0.1) is 6.92 Å². The summed E-state index contributed by atoms with van der Waals surface area (Å²) in [5.74, 6) is 0.691. The minimum atomic E-state index is -0.0513. The van der Waals surface area contributed by atoms with Crippen molar-refractivity contribution in [1.82, 2.24) is 9.97 Å². The van der Waals surface area contributed by atoms with E-state index in [1.807, 2.05) is 25.1 Å². The Morgan fingerprint density at radius 2 is 2.11 bits per heavy atom. The Hall–Kier alpha value is -1.75. The summed E-state index contributed by atoms with van der Waals surface area (Å²) >= 11 is 3.40. The molecule has 0 spiro atoms. The van der Waals surface area contributed by atoms with Gasteiger partial charge < -0.3 is 4.74 Å². The maximum atomic E-state index is 12.0. The number of hydrogen-bond donors (Lipinski definition) is 0. The fourth-order valence-electron chi connectivity index (χ4n) is 1.63. The fourth-order valence-corrected chi connectivity index (χ4v) is 2.22. The van der Waals surface area contributed by atoms with Crippen LogP contribution in [0.15, 0.2) is 35.1 Å². The summed E-state index contributed by atoms with van der Waals surface area (Å²) in [5, 5.41) is 0. The first-order chi connectivity index (χ1) is 9.10. The van der Waals surface area contributed by atoms with Gasteiger partial charge in [0.1, 0.15) is 11.4 Å². The highest BCUT2D eigenvalue weighted by atomic mass is 79.9. The first kappa shape index (κ1) is 13.7. The molecule has 1 aromatic carbocycles. The van der Waals surface area contributed by atoms with Gasteiger partial charge in [0, 0.05) is 12.6 Å². The zero-order valence-electron chi connectivity index (χ0n) is 10.7. The third-order valence-corrected chi connectivity index (χ3v) is 3.27. The Labute approximate surface area is 120 Å². The molecule has 19 heavy (non-hydrogen) atoms. The predicted molar refractivity (Wildman–Crippen MR) is 75.5 cm³/mol. The molecule has 1 aromatic heterocycles. The van der Waals surface area contributed by atoms with Crippen LogP contribution in [0.25, 0.3) is 0 Å². The number of carbonyl (C=O) groups excluding carboxylic acids is 1. The number of rotatable bonds is 4. The summed E-state index contributed by atoms with van der Waals surface area (Å²) in [7, 11) is 1.60. The van der Waals surface area contributed by atoms with Crippen LogP contribution in [-0.2, 0) is 6.42 Å². The smallest absolute Gasteiger partial charge is 0.187 e. The maximum absolute atomic E-state index is 12.0. The molecule has 0 aliphatic rings. The van der Waals surface area contributed by atoms with E-state index in [1.54, 1.807) is 13.3 Å². The molecule has 4 nitrogen and oxygen atoms in total. The molecule has 0 bridgehead atoms. The third-order valence-electron chi connectivity index (χ3n) is 2.65. The molecule has 98 valence electrons. The molecule has 0 aliphatic carbocycles. The van der Waals surface area contributed by atoms with Crippen LogP contribution >= 0.6 is 15.9 Å². The van der Waals surface area contributed by atoms with Crippen molar-refractivity contribution in [3.63, 3.8) is 0 Å². The molecule has 2 rings (SSSR count). The zero-order valence-corrected chi connectivity index (χ0v) is 12.3. The molecule has 0 N–H and O–H groups in total. The average Bonchev–Trinajstić information content (AvgIpc) is 2.39. The van der Waals surface area contributed by atoms with Crippen LogP contribution in [0.3, 0.4) is 0 Å². The van der Waals surface area contributed by atoms with E-state index in [9.17, 15) is 4.79 Å². The van der Waals surface area contributed by atoms with E-state index < -0.39 is 0 Å². The summed E-state index contributed by atoms with van der Waals surface area (Å²) in [6, 6.07) is 5.56. The molecule has 0 fully saturated rings. The van der Waals surface area contributed by atoms with Crippen LogP contribution in [0.1, 0.15) is 21.7 Å². The fraction of sp³-hybridized carbons (Fsp3) is 0.214. The molecule has 0 radical (unpaired) electrons. The molecule has 1 heterocycles. The van der Waals surface area contributed by atoms with Crippen LogP contribution < -0.4 is 4.74 Å². The molecule has 0 atom stereocenters. The van der Waals surface area contributed by atoms with E-state index in [0.29, 0.717) is 12.1 Å². The highest BCUT2D eigenvalue weighted by Crippen LogP contribution is 2.25. The molecular formula is C14H13BrN2O2. The number of halogens is 1. The first-order valence-corrected chi connectivity index (χ1v) is 6.53. The van der Waals surface area contributed by atoms with Gasteiger partial charge in [-0.05, 0) is 40.5 Å². The van der Waals surface area contributed by atoms with E-state index in [1.165, 1.54) is 6.20 Å². The first-order valence-electron chi connectivity index (χ1n) is 5.74. The second-order valence-corrected chi connectivity index (χ2v) is 4.97. The van der Waals surface area contributed by atoms with Gasteiger partial charge in [0.05, 0.1) is 23.5 Å². The monoisotopic (exact) mass is 320 g/mol. The lowest BCUT2D eigenvalue weighted by Gasteiger charge is -2.06. The lowest BCUT2D eigenvalue weighted by atomic mass is 10.1. The van der Waals surface area contributed by atoms with Crippen molar-refractivity contribution in [3.05, 3.63) is 52.0 Å². The van der Waals surface area contributed by atoms with E-state index in [2.05, 4.69) is 25.9 Å². The lowest BCUT2D eigenvalue weighted by Crippen LogP contribution is -2.07. The number of nitrogens with zero attached hydrogens (tertiary/aromatic N) is 2. The van der Waals surface area contributed by atoms with Gasteiger partial charge in [-0.25, -0.2) is 4.98 Å². The van der Waals surface area contributed by atoms with Crippen molar-refractivity contribution in [2.24, 2.45) is 0 Å². The van der Waals surface area contributed by atoms with E-state index in [4.69, 9.17) is 4.74 Å². The average molecular weight is 321 g/mol. The lowest BCUT2D eigenvalue weighted by molar-refractivity contribution is 0.0988. The van der Waals surface area contributed by atoms with Gasteiger partial charge in [-0.3, -0.25) is 9.78 Å². The number of aryl methyl sites for hydroxylation is 1. The van der Waals surface area contributed by atoms with Crippen molar-refractivity contribution in [3.8, 4) is 5.75 Å². The van der Waals surface area contributed by atoms with Gasteiger partial charge in [-0.2, -0.15) is 0 Å². The number of Topliss-reactive ketones (excluding diaryl/α,β-unsaturated/α-hetero) is 1. The minimum Gasteiger partial charge on any atom is -0.496 e. The Morgan fingerprint density at radius 3 is 2.68 bits per heavy atom. The molecule has 0 amide bonds. The number of benzene rings is 1. The van der Waals surface area contributed by atoms with Crippen molar-refractivity contribution in [2.75, 3.05) is 7.11 Å². The van der Waals surface area contributed by atoms with Crippen molar-refractivity contribution >= 4 is 21.7 Å². The number of ether oxygens (including phenoxy) is 1. The number of carbonyl (C=O) groups is 1. The second-order valence-electron chi connectivity index (χ2n) is 4.11. The number of methoxy groups -OCH3 is 1. The molecule has 2 aromatic rings. The zero-order chi connectivity index (χ0) is 13.8. The highest BCUT2D eigenvalue weighted by molar-refractivity contribution is 9.10. The van der Waals surface area contributed by atoms with Gasteiger partial charge in [0.15, 0.2) is 5.78 Å². The third kappa shape index (κ3) is 3.38. The number of hydrogen-bond acceptors (Lipinski definition) is 4. The van der Waals surface area contributed by atoms with Crippen LogP contribution in [0.2, 0.25) is 0 Å². The van der Waals surface area contributed by atoms with Gasteiger partial charge >= 0.3 is 0 Å². The molecule has 0 saturated carbocycles. The topological polar surface area (TPSA) is 52.1 Å². The van der Waals surface area contributed by atoms with Gasteiger partial charge in [-0.15, -0.1) is 0 Å². The second kappa shape index (κ2) is 5.93.